The molecular formula is C17H17NO3. The lowest BCUT2D eigenvalue weighted by Crippen LogP contribution is -2.16. The average molecular weight is 283 g/mol. The van der Waals surface area contributed by atoms with Crippen molar-refractivity contribution in [3.63, 3.8) is 0 Å². The number of carboxylic acids is 1. The molecule has 3 rings (SSSR count). The van der Waals surface area contributed by atoms with Crippen LogP contribution in [0.2, 0.25) is 0 Å². The average Bonchev–Trinajstić information content (AvgIpc) is 2.98. The largest absolute Gasteiger partial charge is 0.478 e. The van der Waals surface area contributed by atoms with Gasteiger partial charge in [0.2, 0.25) is 0 Å². The molecule has 2 N–H and O–H groups in total. The number of aromatic nitrogens is 1. The van der Waals surface area contributed by atoms with E-state index in [2.05, 4.69) is 17.1 Å². The summed E-state index contributed by atoms with van der Waals surface area (Å²) in [4.78, 5) is 25.6. The van der Waals surface area contributed by atoms with Crippen LogP contribution in [0.4, 0.5) is 0 Å². The normalized spacial score (nSPS) is 21.3. The molecule has 0 aliphatic heterocycles. The second kappa shape index (κ2) is 5.56. The third-order valence-corrected chi connectivity index (χ3v) is 4.32. The predicted molar refractivity (Wildman–Crippen MR) is 79.8 cm³/mol. The summed E-state index contributed by atoms with van der Waals surface area (Å²) in [5, 5.41) is 9.05. The second-order valence-corrected chi connectivity index (χ2v) is 5.60. The third kappa shape index (κ3) is 2.75. The zero-order chi connectivity index (χ0) is 14.8. The molecule has 2 unspecified atom stereocenters. The van der Waals surface area contributed by atoms with Crippen LogP contribution in [0.1, 0.15) is 52.6 Å². The highest BCUT2D eigenvalue weighted by Crippen LogP contribution is 2.42. The van der Waals surface area contributed by atoms with Crippen molar-refractivity contribution < 1.29 is 9.90 Å². The Morgan fingerprint density at radius 2 is 1.86 bits per heavy atom. The molecule has 0 bridgehead atoms. The molecule has 0 saturated heterocycles. The van der Waals surface area contributed by atoms with Crippen LogP contribution < -0.4 is 5.56 Å². The first-order valence-electron chi connectivity index (χ1n) is 7.16. The number of carboxylic acid groups (broad SMARTS) is 1. The minimum absolute atomic E-state index is 0.137. The maximum absolute atomic E-state index is 12.0. The van der Waals surface area contributed by atoms with Crippen molar-refractivity contribution in [3.05, 3.63) is 69.6 Å². The topological polar surface area (TPSA) is 70.2 Å². The summed E-state index contributed by atoms with van der Waals surface area (Å²) in [7, 11) is 0. The smallest absolute Gasteiger partial charge is 0.337 e. The van der Waals surface area contributed by atoms with E-state index in [1.165, 1.54) is 17.8 Å². The first kappa shape index (κ1) is 13.6. The molecule has 0 spiro atoms. The van der Waals surface area contributed by atoms with Gasteiger partial charge in [0.1, 0.15) is 0 Å². The summed E-state index contributed by atoms with van der Waals surface area (Å²) < 4.78 is 0. The van der Waals surface area contributed by atoms with E-state index in [1.54, 1.807) is 0 Å². The highest BCUT2D eigenvalue weighted by atomic mass is 16.4. The fraction of sp³-hybridized carbons (Fsp3) is 0.294. The molecule has 1 aromatic heterocycles. The van der Waals surface area contributed by atoms with Crippen LogP contribution in [0.5, 0.6) is 0 Å². The SMILES string of the molecule is O=C(O)c1c[nH]c(=O)c(C2CCC(c3ccccc3)C2)c1. The van der Waals surface area contributed by atoms with E-state index in [0.717, 1.165) is 19.3 Å². The number of rotatable bonds is 3. The molecule has 108 valence electrons. The van der Waals surface area contributed by atoms with Gasteiger partial charge in [-0.25, -0.2) is 4.79 Å². The summed E-state index contributed by atoms with van der Waals surface area (Å²) in [5.74, 6) is -0.424. The van der Waals surface area contributed by atoms with Crippen LogP contribution >= 0.6 is 0 Å². The minimum atomic E-state index is -1.01. The Labute approximate surface area is 122 Å². The van der Waals surface area contributed by atoms with E-state index in [0.29, 0.717) is 11.5 Å². The number of pyridine rings is 1. The highest BCUT2D eigenvalue weighted by Gasteiger charge is 2.28. The Kier molecular flexibility index (Phi) is 3.60. The monoisotopic (exact) mass is 283 g/mol. The van der Waals surface area contributed by atoms with Crippen molar-refractivity contribution in [2.75, 3.05) is 0 Å². The maximum Gasteiger partial charge on any atom is 0.337 e. The van der Waals surface area contributed by atoms with Crippen LogP contribution in [0.15, 0.2) is 47.4 Å². The molecular weight excluding hydrogens is 266 g/mol. The Balaban J connectivity index is 1.85. The van der Waals surface area contributed by atoms with Crippen molar-refractivity contribution in [2.24, 2.45) is 0 Å². The first-order valence-corrected chi connectivity index (χ1v) is 7.16. The van der Waals surface area contributed by atoms with Crippen LogP contribution in [0.25, 0.3) is 0 Å². The summed E-state index contributed by atoms with van der Waals surface area (Å²) >= 11 is 0. The second-order valence-electron chi connectivity index (χ2n) is 5.60. The van der Waals surface area contributed by atoms with Gasteiger partial charge in [0, 0.05) is 11.8 Å². The van der Waals surface area contributed by atoms with E-state index in [1.807, 2.05) is 18.2 Å². The van der Waals surface area contributed by atoms with Crippen molar-refractivity contribution >= 4 is 5.97 Å². The zero-order valence-corrected chi connectivity index (χ0v) is 11.6. The molecule has 0 amide bonds. The molecule has 0 radical (unpaired) electrons. The van der Waals surface area contributed by atoms with Gasteiger partial charge in [-0.2, -0.15) is 0 Å². The zero-order valence-electron chi connectivity index (χ0n) is 11.6. The third-order valence-electron chi connectivity index (χ3n) is 4.32. The number of carbonyl (C=O) groups is 1. The van der Waals surface area contributed by atoms with Gasteiger partial charge in [0.25, 0.3) is 5.56 Å². The number of benzene rings is 1. The summed E-state index contributed by atoms with van der Waals surface area (Å²) in [6, 6.07) is 11.8. The Morgan fingerprint density at radius 3 is 2.57 bits per heavy atom. The number of hydrogen-bond donors (Lipinski definition) is 2. The van der Waals surface area contributed by atoms with Gasteiger partial charge in [-0.15, -0.1) is 0 Å². The number of H-pyrrole nitrogens is 1. The molecule has 4 heteroatoms. The molecule has 1 fully saturated rings. The van der Waals surface area contributed by atoms with Crippen LogP contribution in [0, 0.1) is 0 Å². The number of nitrogens with one attached hydrogen (secondary N) is 1. The molecule has 4 nitrogen and oxygen atoms in total. The first-order chi connectivity index (χ1) is 10.1. The Hall–Kier alpha value is -2.36. The van der Waals surface area contributed by atoms with Crippen molar-refractivity contribution in [2.45, 2.75) is 31.1 Å². The van der Waals surface area contributed by atoms with Gasteiger partial charge < -0.3 is 10.1 Å². The lowest BCUT2D eigenvalue weighted by atomic mass is 9.93. The van der Waals surface area contributed by atoms with Crippen LogP contribution in [-0.2, 0) is 0 Å². The van der Waals surface area contributed by atoms with E-state index in [-0.39, 0.29) is 17.0 Å². The van der Waals surface area contributed by atoms with Gasteiger partial charge >= 0.3 is 5.97 Å². The van der Waals surface area contributed by atoms with Gasteiger partial charge in [-0.1, -0.05) is 30.3 Å². The van der Waals surface area contributed by atoms with E-state index in [4.69, 9.17) is 5.11 Å². The maximum atomic E-state index is 12.0. The van der Waals surface area contributed by atoms with Crippen molar-refractivity contribution in [1.29, 1.82) is 0 Å². The van der Waals surface area contributed by atoms with Crippen LogP contribution in [0.3, 0.4) is 0 Å². The van der Waals surface area contributed by atoms with Gasteiger partial charge in [-0.05, 0) is 42.7 Å². The summed E-state index contributed by atoms with van der Waals surface area (Å²) in [6.07, 6.45) is 4.12. The fourth-order valence-electron chi connectivity index (χ4n) is 3.22. The lowest BCUT2D eigenvalue weighted by molar-refractivity contribution is 0.0696. The lowest BCUT2D eigenvalue weighted by Gasteiger charge is -2.12. The quantitative estimate of drug-likeness (QED) is 0.909. The van der Waals surface area contributed by atoms with Gasteiger partial charge in [-0.3, -0.25) is 4.79 Å². The molecule has 1 aliphatic carbocycles. The Bertz CT molecular complexity index is 705. The van der Waals surface area contributed by atoms with E-state index >= 15 is 0 Å². The molecule has 1 aliphatic rings. The van der Waals surface area contributed by atoms with E-state index < -0.39 is 5.97 Å². The minimum Gasteiger partial charge on any atom is -0.478 e. The van der Waals surface area contributed by atoms with Crippen molar-refractivity contribution in [1.82, 2.24) is 4.98 Å². The number of aromatic carboxylic acids is 1. The number of hydrogen-bond acceptors (Lipinski definition) is 2. The summed E-state index contributed by atoms with van der Waals surface area (Å²) in [6.45, 7) is 0. The number of aromatic amines is 1. The Morgan fingerprint density at radius 1 is 1.14 bits per heavy atom. The standard InChI is InChI=1S/C17H17NO3/c19-16-15(9-14(10-18-16)17(20)21)13-7-6-12(8-13)11-4-2-1-3-5-11/h1-5,9-10,12-13H,6-8H2,(H,18,19)(H,20,21). The molecule has 1 aromatic carbocycles. The molecule has 2 aromatic rings. The van der Waals surface area contributed by atoms with Gasteiger partial charge in [0.05, 0.1) is 5.56 Å². The predicted octanol–water partition coefficient (Wildman–Crippen LogP) is 3.12. The summed E-state index contributed by atoms with van der Waals surface area (Å²) in [5.41, 5.74) is 1.88. The molecule has 21 heavy (non-hydrogen) atoms. The van der Waals surface area contributed by atoms with Crippen molar-refractivity contribution in [3.8, 4) is 0 Å². The molecule has 2 atom stereocenters. The molecule has 1 heterocycles. The van der Waals surface area contributed by atoms with E-state index in [9.17, 15) is 9.59 Å². The highest BCUT2D eigenvalue weighted by molar-refractivity contribution is 5.87. The fourth-order valence-corrected chi connectivity index (χ4v) is 3.22. The molecule has 1 saturated carbocycles. The van der Waals surface area contributed by atoms with Crippen LogP contribution in [-0.4, -0.2) is 16.1 Å². The van der Waals surface area contributed by atoms with Gasteiger partial charge in [0.15, 0.2) is 0 Å².